The molecule has 0 spiro atoms. The molecule has 1 rings (SSSR count). The van der Waals surface area contributed by atoms with Crippen LogP contribution in [0.1, 0.15) is 5.69 Å². The maximum Gasteiger partial charge on any atom is 0.0907 e. The predicted octanol–water partition coefficient (Wildman–Crippen LogP) is 0.583. The summed E-state index contributed by atoms with van der Waals surface area (Å²) in [6.45, 7) is 1.81. The Morgan fingerprint density at radius 2 is 2.33 bits per heavy atom. The average Bonchev–Trinajstić information content (AvgIpc) is 2.45. The maximum atomic E-state index is 5.27. The second-order valence-electron chi connectivity index (χ2n) is 2.53. The van der Waals surface area contributed by atoms with E-state index in [-0.39, 0.29) is 0 Å². The second-order valence-corrected chi connectivity index (χ2v) is 2.53. The largest absolute Gasteiger partial charge is 0.382 e. The molecule has 0 saturated carbocycles. The normalized spacial score (nSPS) is 10.5. The van der Waals surface area contributed by atoms with Crippen LogP contribution in [0.15, 0.2) is 12.3 Å². The first-order valence-corrected chi connectivity index (χ1v) is 3.88. The van der Waals surface area contributed by atoms with Gasteiger partial charge in [0.2, 0.25) is 0 Å². The molecule has 0 aromatic carbocycles. The van der Waals surface area contributed by atoms with Crippen LogP contribution >= 0.6 is 0 Å². The van der Waals surface area contributed by atoms with Gasteiger partial charge in [-0.05, 0) is 6.07 Å². The topological polar surface area (TPSA) is 36.3 Å². The zero-order chi connectivity index (χ0) is 8.81. The molecule has 1 aromatic rings. The van der Waals surface area contributed by atoms with Crippen molar-refractivity contribution in [3.63, 3.8) is 0 Å². The molecule has 0 aliphatic carbocycles. The third kappa shape index (κ3) is 3.02. The summed E-state index contributed by atoms with van der Waals surface area (Å²) in [6, 6.07) is 1.94. The number of rotatable bonds is 5. The molecule has 0 aliphatic rings. The molecule has 4 heteroatoms. The Bertz CT molecular complexity index is 223. The number of ether oxygens (including phenoxy) is 2. The molecular formula is C8H14N2O2. The van der Waals surface area contributed by atoms with Crippen LogP contribution in [0.5, 0.6) is 0 Å². The zero-order valence-electron chi connectivity index (χ0n) is 7.49. The molecule has 0 aliphatic heterocycles. The van der Waals surface area contributed by atoms with Crippen molar-refractivity contribution in [2.24, 2.45) is 7.05 Å². The van der Waals surface area contributed by atoms with Gasteiger partial charge in [-0.2, -0.15) is 5.10 Å². The minimum absolute atomic E-state index is 0.560. The first kappa shape index (κ1) is 9.22. The summed E-state index contributed by atoms with van der Waals surface area (Å²) < 4.78 is 11.9. The molecule has 12 heavy (non-hydrogen) atoms. The molecule has 0 N–H and O–H groups in total. The number of aromatic nitrogens is 2. The number of nitrogens with zero attached hydrogens (tertiary/aromatic N) is 2. The van der Waals surface area contributed by atoms with Gasteiger partial charge in [-0.25, -0.2) is 0 Å². The highest BCUT2D eigenvalue weighted by atomic mass is 16.5. The summed E-state index contributed by atoms with van der Waals surface area (Å²) in [7, 11) is 3.54. The van der Waals surface area contributed by atoms with Gasteiger partial charge >= 0.3 is 0 Å². The fourth-order valence-corrected chi connectivity index (χ4v) is 0.859. The lowest BCUT2D eigenvalue weighted by Crippen LogP contribution is -2.02. The van der Waals surface area contributed by atoms with E-state index in [1.807, 2.05) is 19.3 Å². The van der Waals surface area contributed by atoms with Gasteiger partial charge in [0.25, 0.3) is 0 Å². The monoisotopic (exact) mass is 170 g/mol. The number of hydrogen-bond donors (Lipinski definition) is 0. The van der Waals surface area contributed by atoms with Crippen LogP contribution in [0.3, 0.4) is 0 Å². The summed E-state index contributed by atoms with van der Waals surface area (Å²) in [4.78, 5) is 0. The van der Waals surface area contributed by atoms with Crippen molar-refractivity contribution in [3.05, 3.63) is 18.0 Å². The van der Waals surface area contributed by atoms with Crippen molar-refractivity contribution < 1.29 is 9.47 Å². The lowest BCUT2D eigenvalue weighted by molar-refractivity contribution is 0.0600. The minimum Gasteiger partial charge on any atom is -0.382 e. The second kappa shape index (κ2) is 4.90. The van der Waals surface area contributed by atoms with E-state index in [9.17, 15) is 0 Å². The van der Waals surface area contributed by atoms with E-state index in [0.717, 1.165) is 5.69 Å². The van der Waals surface area contributed by atoms with Gasteiger partial charge < -0.3 is 9.47 Å². The Kier molecular flexibility index (Phi) is 3.76. The van der Waals surface area contributed by atoms with Crippen LogP contribution in [-0.4, -0.2) is 30.1 Å². The van der Waals surface area contributed by atoms with E-state index in [4.69, 9.17) is 9.47 Å². The smallest absolute Gasteiger partial charge is 0.0907 e. The molecule has 0 bridgehead atoms. The fourth-order valence-electron chi connectivity index (χ4n) is 0.859. The van der Waals surface area contributed by atoms with Gasteiger partial charge in [0, 0.05) is 20.4 Å². The third-order valence-electron chi connectivity index (χ3n) is 1.45. The van der Waals surface area contributed by atoms with Crippen LogP contribution < -0.4 is 0 Å². The molecule has 4 nitrogen and oxygen atoms in total. The lowest BCUT2D eigenvalue weighted by atomic mass is 10.5. The molecular weight excluding hydrogens is 156 g/mol. The van der Waals surface area contributed by atoms with E-state index in [1.165, 1.54) is 0 Å². The van der Waals surface area contributed by atoms with Crippen LogP contribution in [0.4, 0.5) is 0 Å². The molecule has 0 atom stereocenters. The quantitative estimate of drug-likeness (QED) is 0.606. The highest BCUT2D eigenvalue weighted by Gasteiger charge is 1.95. The third-order valence-corrected chi connectivity index (χ3v) is 1.45. The van der Waals surface area contributed by atoms with E-state index >= 15 is 0 Å². The molecule has 68 valence electrons. The highest BCUT2D eigenvalue weighted by molar-refractivity contribution is 4.96. The van der Waals surface area contributed by atoms with Crippen LogP contribution in [0.2, 0.25) is 0 Å². The number of aryl methyl sites for hydroxylation is 1. The van der Waals surface area contributed by atoms with E-state index in [2.05, 4.69) is 5.10 Å². The fraction of sp³-hybridized carbons (Fsp3) is 0.625. The van der Waals surface area contributed by atoms with Crippen molar-refractivity contribution in [1.82, 2.24) is 9.78 Å². The first-order valence-electron chi connectivity index (χ1n) is 3.88. The van der Waals surface area contributed by atoms with Crippen molar-refractivity contribution in [1.29, 1.82) is 0 Å². The summed E-state index contributed by atoms with van der Waals surface area (Å²) >= 11 is 0. The number of hydrogen-bond acceptors (Lipinski definition) is 3. The Morgan fingerprint density at radius 1 is 1.50 bits per heavy atom. The van der Waals surface area contributed by atoms with Gasteiger partial charge in [0.15, 0.2) is 0 Å². The van der Waals surface area contributed by atoms with E-state index < -0.39 is 0 Å². The van der Waals surface area contributed by atoms with E-state index in [1.54, 1.807) is 11.8 Å². The molecule has 1 aromatic heterocycles. The Morgan fingerprint density at radius 3 is 2.92 bits per heavy atom. The summed E-state index contributed by atoms with van der Waals surface area (Å²) in [5.41, 5.74) is 0.952. The summed E-state index contributed by atoms with van der Waals surface area (Å²) in [5, 5.41) is 4.16. The summed E-state index contributed by atoms with van der Waals surface area (Å²) in [6.07, 6.45) is 1.90. The molecule has 1 heterocycles. The Hall–Kier alpha value is -0.870. The van der Waals surface area contributed by atoms with Gasteiger partial charge in [-0.15, -0.1) is 0 Å². The molecule has 0 unspecified atom stereocenters. The predicted molar refractivity (Wildman–Crippen MR) is 44.7 cm³/mol. The minimum atomic E-state index is 0.560. The van der Waals surface area contributed by atoms with Crippen molar-refractivity contribution in [2.75, 3.05) is 20.3 Å². The van der Waals surface area contributed by atoms with E-state index in [0.29, 0.717) is 19.8 Å². The lowest BCUT2D eigenvalue weighted by Gasteiger charge is -1.99. The summed E-state index contributed by atoms with van der Waals surface area (Å²) in [5.74, 6) is 0. The molecule has 0 saturated heterocycles. The van der Waals surface area contributed by atoms with Crippen LogP contribution in [-0.2, 0) is 23.1 Å². The van der Waals surface area contributed by atoms with Gasteiger partial charge in [-0.1, -0.05) is 0 Å². The maximum absolute atomic E-state index is 5.27. The van der Waals surface area contributed by atoms with Gasteiger partial charge in [0.1, 0.15) is 0 Å². The van der Waals surface area contributed by atoms with Crippen molar-refractivity contribution in [2.45, 2.75) is 6.61 Å². The van der Waals surface area contributed by atoms with Gasteiger partial charge in [-0.3, -0.25) is 4.68 Å². The number of methoxy groups -OCH3 is 1. The zero-order valence-corrected chi connectivity index (χ0v) is 7.49. The molecule has 0 radical (unpaired) electrons. The average molecular weight is 170 g/mol. The van der Waals surface area contributed by atoms with Crippen molar-refractivity contribution >= 4 is 0 Å². The SMILES string of the molecule is COCCOCc1ccn(C)n1. The van der Waals surface area contributed by atoms with Crippen LogP contribution in [0, 0.1) is 0 Å². The first-order chi connectivity index (χ1) is 5.83. The molecule has 0 amide bonds. The highest BCUT2D eigenvalue weighted by Crippen LogP contribution is 1.95. The molecule has 0 fully saturated rings. The standard InChI is InChI=1S/C8H14N2O2/c1-10-4-3-8(9-10)7-12-6-5-11-2/h3-4H,5-7H2,1-2H3. The Labute approximate surface area is 72.1 Å². The van der Waals surface area contributed by atoms with Crippen molar-refractivity contribution in [3.8, 4) is 0 Å². The Balaban J connectivity index is 2.15. The van der Waals surface area contributed by atoms with Crippen LogP contribution in [0.25, 0.3) is 0 Å². The van der Waals surface area contributed by atoms with Gasteiger partial charge in [0.05, 0.1) is 25.5 Å².